The van der Waals surface area contributed by atoms with Crippen LogP contribution in [0.2, 0.25) is 0 Å². The molecule has 1 spiro atoms. The first-order chi connectivity index (χ1) is 14.5. The largest absolute Gasteiger partial charge is 0.490 e. The summed E-state index contributed by atoms with van der Waals surface area (Å²) in [6.07, 6.45) is -1.01. The summed E-state index contributed by atoms with van der Waals surface area (Å²) in [5.41, 5.74) is 0.848. The topological polar surface area (TPSA) is 81.2 Å². The number of nitrogens with zero attached hydrogens (tertiary/aromatic N) is 3. The lowest BCUT2D eigenvalue weighted by atomic mass is 9.92. The molecule has 1 aliphatic carbocycles. The second-order valence-corrected chi connectivity index (χ2v) is 8.41. The van der Waals surface area contributed by atoms with Gasteiger partial charge in [0.25, 0.3) is 0 Å². The van der Waals surface area contributed by atoms with Crippen LogP contribution in [0.25, 0.3) is 0 Å². The van der Waals surface area contributed by atoms with E-state index in [0.717, 1.165) is 25.2 Å². The van der Waals surface area contributed by atoms with Crippen molar-refractivity contribution < 1.29 is 32.7 Å². The number of likely N-dealkylation sites (N-methyl/N-ethyl adjacent to an activating group) is 1. The fraction of sp³-hybridized carbons (Fsp3) is 0.571. The number of benzene rings is 1. The molecule has 0 aromatic heterocycles. The zero-order chi connectivity index (χ0) is 22.8. The predicted octanol–water partition coefficient (Wildman–Crippen LogP) is 2.37. The highest BCUT2D eigenvalue weighted by Crippen LogP contribution is 2.36. The molecule has 1 N–H and O–H groups in total. The monoisotopic (exact) mass is 441 g/mol. The van der Waals surface area contributed by atoms with E-state index in [-0.39, 0.29) is 11.4 Å². The summed E-state index contributed by atoms with van der Waals surface area (Å²) in [7, 11) is 2.02. The van der Waals surface area contributed by atoms with Gasteiger partial charge >= 0.3 is 12.1 Å². The van der Waals surface area contributed by atoms with Crippen LogP contribution in [0.1, 0.15) is 25.7 Å². The van der Waals surface area contributed by atoms with Crippen LogP contribution in [0.15, 0.2) is 30.3 Å². The molecule has 2 saturated heterocycles. The van der Waals surface area contributed by atoms with Crippen molar-refractivity contribution in [2.45, 2.75) is 37.4 Å². The molecule has 2 aliphatic heterocycles. The molecule has 10 heteroatoms. The van der Waals surface area contributed by atoms with Crippen LogP contribution in [0.4, 0.5) is 18.9 Å². The predicted molar refractivity (Wildman–Crippen MR) is 106 cm³/mol. The maximum absolute atomic E-state index is 12.5. The maximum atomic E-state index is 12.5. The Morgan fingerprint density at radius 3 is 2.32 bits per heavy atom. The van der Waals surface area contributed by atoms with Gasteiger partial charge in [-0.1, -0.05) is 18.2 Å². The van der Waals surface area contributed by atoms with Crippen LogP contribution in [0, 0.1) is 5.92 Å². The molecule has 0 bridgehead atoms. The van der Waals surface area contributed by atoms with E-state index in [9.17, 15) is 22.8 Å². The zero-order valence-electron chi connectivity index (χ0n) is 17.3. The molecule has 170 valence electrons. The first-order valence-corrected chi connectivity index (χ1v) is 10.2. The van der Waals surface area contributed by atoms with Gasteiger partial charge in [-0.25, -0.2) is 4.79 Å². The van der Waals surface area contributed by atoms with E-state index in [1.165, 1.54) is 12.8 Å². The van der Waals surface area contributed by atoms with Gasteiger partial charge in [0.15, 0.2) is 0 Å². The Morgan fingerprint density at radius 1 is 1.16 bits per heavy atom. The van der Waals surface area contributed by atoms with Gasteiger partial charge in [-0.15, -0.1) is 0 Å². The lowest BCUT2D eigenvalue weighted by Gasteiger charge is -2.46. The molecule has 3 fully saturated rings. The molecule has 1 unspecified atom stereocenters. The Kier molecular flexibility index (Phi) is 6.59. The number of halogens is 3. The number of carbonyl (C=O) groups excluding carboxylic acids is 2. The molecule has 2 heterocycles. The Balaban J connectivity index is 0.000000339. The zero-order valence-corrected chi connectivity index (χ0v) is 17.3. The molecule has 0 radical (unpaired) electrons. The van der Waals surface area contributed by atoms with Crippen molar-refractivity contribution in [2.75, 3.05) is 38.1 Å². The highest BCUT2D eigenvalue weighted by molar-refractivity contribution is 5.96. The van der Waals surface area contributed by atoms with Gasteiger partial charge in [0, 0.05) is 31.7 Å². The van der Waals surface area contributed by atoms with Gasteiger partial charge in [0.2, 0.25) is 11.8 Å². The molecule has 3 aliphatic rings. The Morgan fingerprint density at radius 2 is 1.77 bits per heavy atom. The fourth-order valence-electron chi connectivity index (χ4n) is 4.01. The number of anilines is 1. The maximum Gasteiger partial charge on any atom is 0.490 e. The van der Waals surface area contributed by atoms with E-state index in [2.05, 4.69) is 4.90 Å². The summed E-state index contributed by atoms with van der Waals surface area (Å²) in [5.74, 6) is -1.70. The molecular formula is C21H26F3N3O4. The molecule has 31 heavy (non-hydrogen) atoms. The van der Waals surface area contributed by atoms with E-state index < -0.39 is 12.1 Å². The SMILES string of the molecule is CN1CC(=O)N(c2ccccc2)CC12CCN(C(=O)CC1CC1)C2.O=C(O)C(F)(F)F. The second-order valence-electron chi connectivity index (χ2n) is 8.41. The molecule has 1 aromatic rings. The number of carbonyl (C=O) groups is 3. The van der Waals surface area contributed by atoms with Crippen LogP contribution >= 0.6 is 0 Å². The number of aliphatic carboxylic acids is 1. The average molecular weight is 441 g/mol. The summed E-state index contributed by atoms with van der Waals surface area (Å²) in [6.45, 7) is 2.64. The van der Waals surface area contributed by atoms with E-state index in [1.807, 2.05) is 47.2 Å². The highest BCUT2D eigenvalue weighted by Gasteiger charge is 2.48. The lowest BCUT2D eigenvalue weighted by Crippen LogP contribution is -2.64. The summed E-state index contributed by atoms with van der Waals surface area (Å²) < 4.78 is 31.7. The van der Waals surface area contributed by atoms with Crippen molar-refractivity contribution in [1.29, 1.82) is 0 Å². The number of amides is 2. The van der Waals surface area contributed by atoms with E-state index in [1.54, 1.807) is 0 Å². The molecular weight excluding hydrogens is 415 g/mol. The summed E-state index contributed by atoms with van der Waals surface area (Å²) in [6, 6.07) is 9.87. The molecule has 2 amide bonds. The molecule has 1 atom stereocenters. The third kappa shape index (κ3) is 5.55. The number of para-hydroxylation sites is 1. The second kappa shape index (κ2) is 8.86. The Labute approximate surface area is 178 Å². The van der Waals surface area contributed by atoms with Gasteiger partial charge in [-0.3, -0.25) is 14.5 Å². The van der Waals surface area contributed by atoms with Crippen molar-refractivity contribution in [3.8, 4) is 0 Å². The van der Waals surface area contributed by atoms with E-state index >= 15 is 0 Å². The quantitative estimate of drug-likeness (QED) is 0.779. The van der Waals surface area contributed by atoms with Gasteiger partial charge in [0.1, 0.15) is 0 Å². The number of hydrogen-bond donors (Lipinski definition) is 1. The number of hydrogen-bond acceptors (Lipinski definition) is 4. The van der Waals surface area contributed by atoms with Gasteiger partial charge < -0.3 is 14.9 Å². The normalized spacial score (nSPS) is 24.2. The minimum atomic E-state index is -5.08. The number of likely N-dealkylation sites (tertiary alicyclic amines) is 1. The third-order valence-electron chi connectivity index (χ3n) is 6.09. The number of rotatable bonds is 3. The van der Waals surface area contributed by atoms with Crippen LogP contribution < -0.4 is 4.90 Å². The average Bonchev–Trinajstić information content (AvgIpc) is 3.41. The molecule has 1 aromatic carbocycles. The van der Waals surface area contributed by atoms with Crippen LogP contribution in [-0.2, 0) is 14.4 Å². The summed E-state index contributed by atoms with van der Waals surface area (Å²) in [4.78, 5) is 40.0. The minimum absolute atomic E-state index is 0.108. The Hall–Kier alpha value is -2.62. The number of piperazine rings is 1. The molecule has 1 saturated carbocycles. The van der Waals surface area contributed by atoms with Gasteiger partial charge in [-0.05, 0) is 44.4 Å². The van der Waals surface area contributed by atoms with E-state index in [0.29, 0.717) is 31.3 Å². The van der Waals surface area contributed by atoms with Crippen LogP contribution in [-0.4, -0.2) is 77.6 Å². The fourth-order valence-corrected chi connectivity index (χ4v) is 4.01. The van der Waals surface area contributed by atoms with Gasteiger partial charge in [-0.2, -0.15) is 13.2 Å². The number of alkyl halides is 3. The lowest BCUT2D eigenvalue weighted by molar-refractivity contribution is -0.192. The smallest absolute Gasteiger partial charge is 0.475 e. The molecule has 4 rings (SSSR count). The van der Waals surface area contributed by atoms with Crippen molar-refractivity contribution in [3.63, 3.8) is 0 Å². The summed E-state index contributed by atoms with van der Waals surface area (Å²) in [5, 5.41) is 7.12. The van der Waals surface area contributed by atoms with Crippen molar-refractivity contribution in [2.24, 2.45) is 5.92 Å². The van der Waals surface area contributed by atoms with E-state index in [4.69, 9.17) is 9.90 Å². The standard InChI is InChI=1S/C19H25N3O2.C2HF3O2/c1-20-12-18(24)22(16-5-3-2-4-6-16)14-19(20)9-10-21(13-19)17(23)11-15-7-8-15;3-2(4,5)1(6)7/h2-6,15H,7-14H2,1H3;(H,6,7). The van der Waals surface area contributed by atoms with Gasteiger partial charge in [0.05, 0.1) is 12.1 Å². The molecule has 7 nitrogen and oxygen atoms in total. The van der Waals surface area contributed by atoms with Crippen LogP contribution in [0.3, 0.4) is 0 Å². The van der Waals surface area contributed by atoms with Crippen LogP contribution in [0.5, 0.6) is 0 Å². The highest BCUT2D eigenvalue weighted by atomic mass is 19.4. The minimum Gasteiger partial charge on any atom is -0.475 e. The number of carboxylic acid groups (broad SMARTS) is 1. The van der Waals surface area contributed by atoms with Crippen molar-refractivity contribution >= 4 is 23.5 Å². The first kappa shape index (κ1) is 23.1. The third-order valence-corrected chi connectivity index (χ3v) is 6.09. The van der Waals surface area contributed by atoms with Crippen molar-refractivity contribution in [3.05, 3.63) is 30.3 Å². The number of carboxylic acids is 1. The Bertz CT molecular complexity index is 829. The first-order valence-electron chi connectivity index (χ1n) is 10.2. The van der Waals surface area contributed by atoms with Crippen molar-refractivity contribution in [1.82, 2.24) is 9.80 Å². The summed E-state index contributed by atoms with van der Waals surface area (Å²) >= 11 is 0.